The molecule has 1 fully saturated rings. The number of piperazine rings is 1. The predicted octanol–water partition coefficient (Wildman–Crippen LogP) is 1.71. The second-order valence-corrected chi connectivity index (χ2v) is 5.80. The lowest BCUT2D eigenvalue weighted by atomic mass is 10.1. The van der Waals surface area contributed by atoms with Crippen molar-refractivity contribution < 1.29 is 0 Å². The molecule has 1 aromatic heterocycles. The Morgan fingerprint density at radius 1 is 1.30 bits per heavy atom. The smallest absolute Gasteiger partial charge is 0.252 e. The molecule has 1 aliphatic rings. The molecule has 0 amide bonds. The lowest BCUT2D eigenvalue weighted by molar-refractivity contribution is 0.138. The van der Waals surface area contributed by atoms with E-state index in [-0.39, 0.29) is 5.56 Å². The molecule has 2 heterocycles. The largest absolute Gasteiger partial charge is 0.322 e. The topological polar surface area (TPSA) is 48.1 Å². The van der Waals surface area contributed by atoms with Gasteiger partial charge in [0.05, 0.1) is 0 Å². The molecule has 1 aliphatic heterocycles. The van der Waals surface area contributed by atoms with Crippen LogP contribution in [0.1, 0.15) is 19.4 Å². The van der Waals surface area contributed by atoms with Gasteiger partial charge >= 0.3 is 0 Å². The van der Waals surface area contributed by atoms with Crippen molar-refractivity contribution >= 4 is 10.9 Å². The van der Waals surface area contributed by atoms with Crippen molar-refractivity contribution in [2.45, 2.75) is 32.5 Å². The van der Waals surface area contributed by atoms with Crippen LogP contribution in [0.5, 0.6) is 0 Å². The molecule has 0 saturated carbocycles. The van der Waals surface area contributed by atoms with Gasteiger partial charge in [0.15, 0.2) is 0 Å². The molecule has 2 atom stereocenters. The number of benzene rings is 1. The molecule has 0 radical (unpaired) electrons. The highest BCUT2D eigenvalue weighted by atomic mass is 16.1. The minimum Gasteiger partial charge on any atom is -0.322 e. The Morgan fingerprint density at radius 3 is 2.95 bits per heavy atom. The van der Waals surface area contributed by atoms with Crippen LogP contribution < -0.4 is 10.9 Å². The lowest BCUT2D eigenvalue weighted by Gasteiger charge is -2.37. The molecular weight excluding hydrogens is 250 g/mol. The van der Waals surface area contributed by atoms with Crippen LogP contribution in [0.3, 0.4) is 0 Å². The first kappa shape index (κ1) is 13.3. The number of H-pyrrole nitrogens is 1. The van der Waals surface area contributed by atoms with E-state index < -0.39 is 0 Å². The second kappa shape index (κ2) is 5.38. The molecule has 1 aromatic carbocycles. The molecule has 3 rings (SSSR count). The molecule has 2 N–H and O–H groups in total. The van der Waals surface area contributed by atoms with Crippen LogP contribution in [0.25, 0.3) is 10.9 Å². The molecule has 20 heavy (non-hydrogen) atoms. The first-order valence-corrected chi connectivity index (χ1v) is 7.22. The Balaban J connectivity index is 1.90. The number of hydrogen-bond donors (Lipinski definition) is 2. The molecule has 0 spiro atoms. The molecular formula is C16H21N3O. The summed E-state index contributed by atoms with van der Waals surface area (Å²) < 4.78 is 0. The van der Waals surface area contributed by atoms with E-state index in [1.54, 1.807) is 0 Å². The fourth-order valence-electron chi connectivity index (χ4n) is 2.85. The van der Waals surface area contributed by atoms with Gasteiger partial charge in [0.2, 0.25) is 0 Å². The number of fused-ring (bicyclic) bond motifs is 1. The molecule has 4 heteroatoms. The van der Waals surface area contributed by atoms with Crippen molar-refractivity contribution in [2.75, 3.05) is 13.1 Å². The normalized spacial score (nSPS) is 24.1. The quantitative estimate of drug-likeness (QED) is 0.874. The standard InChI is InChI=1S/C16H21N3O/c1-11-9-19(12(2)8-17-11)10-14-7-13-5-3-4-6-15(13)18-16(14)20/h3-7,11-12,17H,8-10H2,1-2H3,(H,18,20). The van der Waals surface area contributed by atoms with Crippen LogP contribution in [0.15, 0.2) is 35.1 Å². The van der Waals surface area contributed by atoms with E-state index in [2.05, 4.69) is 29.0 Å². The molecule has 2 aromatic rings. The van der Waals surface area contributed by atoms with E-state index in [1.165, 1.54) is 0 Å². The summed E-state index contributed by atoms with van der Waals surface area (Å²) in [6, 6.07) is 10.9. The molecule has 0 bridgehead atoms. The average molecular weight is 271 g/mol. The van der Waals surface area contributed by atoms with Gasteiger partial charge in [-0.15, -0.1) is 0 Å². The van der Waals surface area contributed by atoms with Crippen molar-refractivity contribution in [3.8, 4) is 0 Å². The van der Waals surface area contributed by atoms with E-state index in [9.17, 15) is 4.79 Å². The van der Waals surface area contributed by atoms with Gasteiger partial charge in [-0.25, -0.2) is 0 Å². The summed E-state index contributed by atoms with van der Waals surface area (Å²) in [5.41, 5.74) is 1.79. The van der Waals surface area contributed by atoms with Gasteiger partial charge in [0.1, 0.15) is 0 Å². The van der Waals surface area contributed by atoms with Crippen molar-refractivity contribution in [3.63, 3.8) is 0 Å². The van der Waals surface area contributed by atoms with Gasteiger partial charge in [0.25, 0.3) is 5.56 Å². The van der Waals surface area contributed by atoms with Crippen molar-refractivity contribution in [1.29, 1.82) is 0 Å². The van der Waals surface area contributed by atoms with Crippen LogP contribution in [-0.2, 0) is 6.54 Å². The number of hydrogen-bond acceptors (Lipinski definition) is 3. The number of pyridine rings is 1. The summed E-state index contributed by atoms with van der Waals surface area (Å²) in [4.78, 5) is 17.5. The molecule has 106 valence electrons. The first-order valence-electron chi connectivity index (χ1n) is 7.22. The van der Waals surface area contributed by atoms with Gasteiger partial charge in [-0.05, 0) is 31.4 Å². The second-order valence-electron chi connectivity index (χ2n) is 5.80. The predicted molar refractivity (Wildman–Crippen MR) is 81.9 cm³/mol. The van der Waals surface area contributed by atoms with Gasteiger partial charge in [-0.2, -0.15) is 0 Å². The zero-order valence-corrected chi connectivity index (χ0v) is 12.0. The Morgan fingerprint density at radius 2 is 2.10 bits per heavy atom. The Bertz CT molecular complexity index is 664. The minimum atomic E-state index is 0.0297. The van der Waals surface area contributed by atoms with Crippen molar-refractivity contribution in [3.05, 3.63) is 46.2 Å². The Kier molecular flexibility index (Phi) is 3.59. The summed E-state index contributed by atoms with van der Waals surface area (Å²) in [7, 11) is 0. The van der Waals surface area contributed by atoms with Gasteiger partial charge < -0.3 is 10.3 Å². The van der Waals surface area contributed by atoms with Crippen LogP contribution >= 0.6 is 0 Å². The van der Waals surface area contributed by atoms with Gasteiger partial charge in [-0.1, -0.05) is 18.2 Å². The highest BCUT2D eigenvalue weighted by molar-refractivity contribution is 5.78. The monoisotopic (exact) mass is 271 g/mol. The van der Waals surface area contributed by atoms with Crippen LogP contribution in [0.2, 0.25) is 0 Å². The molecule has 1 saturated heterocycles. The van der Waals surface area contributed by atoms with Crippen LogP contribution in [0, 0.1) is 0 Å². The Hall–Kier alpha value is -1.65. The average Bonchev–Trinajstić information content (AvgIpc) is 2.43. The maximum atomic E-state index is 12.2. The number of para-hydroxylation sites is 1. The third-order valence-corrected chi connectivity index (χ3v) is 4.10. The maximum absolute atomic E-state index is 12.2. The van der Waals surface area contributed by atoms with E-state index in [0.717, 1.165) is 29.6 Å². The molecule has 4 nitrogen and oxygen atoms in total. The molecule has 0 aliphatic carbocycles. The maximum Gasteiger partial charge on any atom is 0.252 e. The number of nitrogens with one attached hydrogen (secondary N) is 2. The number of rotatable bonds is 2. The third-order valence-electron chi connectivity index (χ3n) is 4.10. The van der Waals surface area contributed by atoms with E-state index in [0.29, 0.717) is 18.6 Å². The van der Waals surface area contributed by atoms with Gasteiger partial charge in [-0.3, -0.25) is 9.69 Å². The third kappa shape index (κ3) is 2.62. The number of aromatic nitrogens is 1. The zero-order chi connectivity index (χ0) is 14.1. The highest BCUT2D eigenvalue weighted by Gasteiger charge is 2.23. The van der Waals surface area contributed by atoms with Gasteiger partial charge in [0, 0.05) is 42.8 Å². The highest BCUT2D eigenvalue weighted by Crippen LogP contribution is 2.14. The van der Waals surface area contributed by atoms with E-state index in [4.69, 9.17) is 0 Å². The van der Waals surface area contributed by atoms with Crippen molar-refractivity contribution in [1.82, 2.24) is 15.2 Å². The summed E-state index contributed by atoms with van der Waals surface area (Å²) >= 11 is 0. The number of nitrogens with zero attached hydrogens (tertiary/aromatic N) is 1. The number of aromatic amines is 1. The van der Waals surface area contributed by atoms with Crippen LogP contribution in [-0.4, -0.2) is 35.1 Å². The summed E-state index contributed by atoms with van der Waals surface area (Å²) in [5, 5.41) is 4.56. The SMILES string of the molecule is CC1CN(Cc2cc3ccccc3[nH]c2=O)C(C)CN1. The fraction of sp³-hybridized carbons (Fsp3) is 0.438. The van der Waals surface area contributed by atoms with E-state index >= 15 is 0 Å². The summed E-state index contributed by atoms with van der Waals surface area (Å²) in [5.74, 6) is 0. The first-order chi connectivity index (χ1) is 9.63. The summed E-state index contributed by atoms with van der Waals surface area (Å²) in [6.45, 7) is 7.06. The fourth-order valence-corrected chi connectivity index (χ4v) is 2.85. The lowest BCUT2D eigenvalue weighted by Crippen LogP contribution is -2.54. The Labute approximate surface area is 118 Å². The van der Waals surface area contributed by atoms with Crippen LogP contribution in [0.4, 0.5) is 0 Å². The van der Waals surface area contributed by atoms with E-state index in [1.807, 2.05) is 30.3 Å². The zero-order valence-electron chi connectivity index (χ0n) is 12.0. The van der Waals surface area contributed by atoms with Crippen molar-refractivity contribution in [2.24, 2.45) is 0 Å². The minimum absolute atomic E-state index is 0.0297. The summed E-state index contributed by atoms with van der Waals surface area (Å²) in [6.07, 6.45) is 0. The molecule has 2 unspecified atom stereocenters.